The van der Waals surface area contributed by atoms with E-state index in [2.05, 4.69) is 24.3 Å². The number of aryl methyl sites for hydroxylation is 1. The minimum atomic E-state index is 0.0640. The Balaban J connectivity index is 1.67. The van der Waals surface area contributed by atoms with Gasteiger partial charge in [-0.2, -0.15) is 0 Å². The second kappa shape index (κ2) is 7.44. The Morgan fingerprint density at radius 1 is 1.25 bits per heavy atom. The highest BCUT2D eigenvalue weighted by molar-refractivity contribution is 5.79. The topological polar surface area (TPSA) is 46.3 Å². The van der Waals surface area contributed by atoms with Crippen molar-refractivity contribution in [3.63, 3.8) is 0 Å². The van der Waals surface area contributed by atoms with Gasteiger partial charge in [-0.05, 0) is 37.7 Å². The maximum atomic E-state index is 12.3. The summed E-state index contributed by atoms with van der Waals surface area (Å²) in [6.45, 7) is 0.842. The summed E-state index contributed by atoms with van der Waals surface area (Å²) in [6.07, 6.45) is 6.33. The number of rotatable bonds is 6. The van der Waals surface area contributed by atoms with Crippen molar-refractivity contribution in [2.75, 3.05) is 13.6 Å². The molecule has 110 valence electrons. The van der Waals surface area contributed by atoms with E-state index in [1.165, 1.54) is 5.56 Å². The normalized spacial score (nSPS) is 21.9. The van der Waals surface area contributed by atoms with E-state index in [1.807, 2.05) is 18.0 Å². The number of unbranched alkanes of at least 4 members (excludes halogenated alkanes) is 1. The van der Waals surface area contributed by atoms with E-state index < -0.39 is 0 Å². The van der Waals surface area contributed by atoms with Crippen LogP contribution in [-0.2, 0) is 11.2 Å². The van der Waals surface area contributed by atoms with E-state index in [0.29, 0.717) is 0 Å². The number of hydrogen-bond acceptors (Lipinski definition) is 2. The number of hydrogen-bond donors (Lipinski definition) is 1. The Kier molecular flexibility index (Phi) is 5.60. The molecule has 3 heteroatoms. The van der Waals surface area contributed by atoms with Gasteiger partial charge >= 0.3 is 0 Å². The Labute approximate surface area is 122 Å². The Morgan fingerprint density at radius 2 is 2.00 bits per heavy atom. The molecule has 0 spiro atoms. The van der Waals surface area contributed by atoms with Crippen LogP contribution in [-0.4, -0.2) is 30.4 Å². The smallest absolute Gasteiger partial charge is 0.226 e. The maximum Gasteiger partial charge on any atom is 0.226 e. The van der Waals surface area contributed by atoms with Crippen molar-refractivity contribution in [1.29, 1.82) is 0 Å². The highest BCUT2D eigenvalue weighted by atomic mass is 16.2. The molecule has 0 heterocycles. The number of nitrogens with two attached hydrogens (primary N) is 1. The van der Waals surface area contributed by atoms with Gasteiger partial charge in [0, 0.05) is 19.6 Å². The largest absolute Gasteiger partial charge is 0.345 e. The molecule has 20 heavy (non-hydrogen) atoms. The second-order valence-corrected chi connectivity index (χ2v) is 5.90. The van der Waals surface area contributed by atoms with Gasteiger partial charge in [0.1, 0.15) is 0 Å². The Bertz CT molecular complexity index is 418. The Hall–Kier alpha value is -1.35. The van der Waals surface area contributed by atoms with E-state index in [-0.39, 0.29) is 17.9 Å². The molecule has 3 nitrogen and oxygen atoms in total. The van der Waals surface area contributed by atoms with Crippen LogP contribution in [0.3, 0.4) is 0 Å². The second-order valence-electron chi connectivity index (χ2n) is 5.90. The highest BCUT2D eigenvalue weighted by Gasteiger charge is 2.31. The first kappa shape index (κ1) is 15.0. The van der Waals surface area contributed by atoms with E-state index in [4.69, 9.17) is 5.73 Å². The monoisotopic (exact) mass is 274 g/mol. The van der Waals surface area contributed by atoms with Gasteiger partial charge in [0.2, 0.25) is 5.91 Å². The molecular formula is C17H26N2O. The molecular weight excluding hydrogens is 248 g/mol. The SMILES string of the molecule is CN(CCCCc1ccccc1)C(=O)C1CCCC1N. The molecule has 1 fully saturated rings. The molecule has 2 atom stereocenters. The summed E-state index contributed by atoms with van der Waals surface area (Å²) in [5.41, 5.74) is 7.38. The highest BCUT2D eigenvalue weighted by Crippen LogP contribution is 2.25. The van der Waals surface area contributed by atoms with E-state index in [1.54, 1.807) is 0 Å². The van der Waals surface area contributed by atoms with Crippen LogP contribution in [0.5, 0.6) is 0 Å². The fourth-order valence-corrected chi connectivity index (χ4v) is 3.01. The zero-order valence-electron chi connectivity index (χ0n) is 12.4. The molecule has 1 amide bonds. The number of benzene rings is 1. The molecule has 1 aromatic carbocycles. The van der Waals surface area contributed by atoms with E-state index in [9.17, 15) is 4.79 Å². The van der Waals surface area contributed by atoms with Crippen LogP contribution in [0.15, 0.2) is 30.3 Å². The van der Waals surface area contributed by atoms with Crippen molar-refractivity contribution >= 4 is 5.91 Å². The lowest BCUT2D eigenvalue weighted by Crippen LogP contribution is -2.40. The van der Waals surface area contributed by atoms with Crippen molar-refractivity contribution in [1.82, 2.24) is 4.90 Å². The van der Waals surface area contributed by atoms with Crippen LogP contribution in [0.2, 0.25) is 0 Å². The van der Waals surface area contributed by atoms with Crippen LogP contribution in [0.1, 0.15) is 37.7 Å². The zero-order chi connectivity index (χ0) is 14.4. The summed E-state index contributed by atoms with van der Waals surface area (Å²) in [4.78, 5) is 14.1. The third-order valence-electron chi connectivity index (χ3n) is 4.31. The molecule has 1 saturated carbocycles. The molecule has 0 saturated heterocycles. The van der Waals surface area contributed by atoms with Gasteiger partial charge in [-0.15, -0.1) is 0 Å². The van der Waals surface area contributed by atoms with Gasteiger partial charge in [0.25, 0.3) is 0 Å². The molecule has 0 bridgehead atoms. The molecule has 1 aliphatic rings. The average Bonchev–Trinajstić information content (AvgIpc) is 2.90. The van der Waals surface area contributed by atoms with Crippen LogP contribution in [0.4, 0.5) is 0 Å². The zero-order valence-corrected chi connectivity index (χ0v) is 12.4. The van der Waals surface area contributed by atoms with Gasteiger partial charge in [0.15, 0.2) is 0 Å². The number of amides is 1. The van der Waals surface area contributed by atoms with Crippen molar-refractivity contribution in [2.24, 2.45) is 11.7 Å². The number of nitrogens with zero attached hydrogens (tertiary/aromatic N) is 1. The van der Waals surface area contributed by atoms with Gasteiger partial charge in [-0.3, -0.25) is 4.79 Å². The fourth-order valence-electron chi connectivity index (χ4n) is 3.01. The van der Waals surface area contributed by atoms with Gasteiger partial charge in [-0.1, -0.05) is 36.8 Å². The van der Waals surface area contributed by atoms with Gasteiger partial charge in [-0.25, -0.2) is 0 Å². The van der Waals surface area contributed by atoms with Gasteiger partial charge < -0.3 is 10.6 Å². The van der Waals surface area contributed by atoms with Crippen molar-refractivity contribution < 1.29 is 4.79 Å². The molecule has 2 unspecified atom stereocenters. The van der Waals surface area contributed by atoms with E-state index in [0.717, 1.165) is 45.1 Å². The first-order valence-electron chi connectivity index (χ1n) is 7.73. The average molecular weight is 274 g/mol. The maximum absolute atomic E-state index is 12.3. The standard InChI is InChI=1S/C17H26N2O/c1-19(17(20)15-11-7-12-16(15)18)13-6-5-10-14-8-3-2-4-9-14/h2-4,8-9,15-16H,5-7,10-13,18H2,1H3. The lowest BCUT2D eigenvalue weighted by Gasteiger charge is -2.23. The van der Waals surface area contributed by atoms with Crippen molar-refractivity contribution in [3.8, 4) is 0 Å². The minimum absolute atomic E-state index is 0.0640. The molecule has 0 aromatic heterocycles. The summed E-state index contributed by atoms with van der Waals surface area (Å²) in [5, 5.41) is 0. The quantitative estimate of drug-likeness (QED) is 0.811. The van der Waals surface area contributed by atoms with Crippen LogP contribution in [0, 0.1) is 5.92 Å². The molecule has 2 rings (SSSR count). The fraction of sp³-hybridized carbons (Fsp3) is 0.588. The first-order valence-corrected chi connectivity index (χ1v) is 7.73. The van der Waals surface area contributed by atoms with Crippen molar-refractivity contribution in [2.45, 2.75) is 44.6 Å². The summed E-state index contributed by atoms with van der Waals surface area (Å²) in [7, 11) is 1.91. The molecule has 0 radical (unpaired) electrons. The lowest BCUT2D eigenvalue weighted by molar-refractivity contribution is -0.134. The van der Waals surface area contributed by atoms with Crippen LogP contribution >= 0.6 is 0 Å². The van der Waals surface area contributed by atoms with Crippen LogP contribution in [0.25, 0.3) is 0 Å². The Morgan fingerprint density at radius 3 is 2.65 bits per heavy atom. The lowest BCUT2D eigenvalue weighted by atomic mass is 10.0. The predicted molar refractivity (Wildman–Crippen MR) is 82.3 cm³/mol. The summed E-state index contributed by atoms with van der Waals surface area (Å²) < 4.78 is 0. The van der Waals surface area contributed by atoms with Crippen molar-refractivity contribution in [3.05, 3.63) is 35.9 Å². The van der Waals surface area contributed by atoms with Gasteiger partial charge in [0.05, 0.1) is 5.92 Å². The van der Waals surface area contributed by atoms with E-state index >= 15 is 0 Å². The number of carbonyl (C=O) groups is 1. The predicted octanol–water partition coefficient (Wildman–Crippen LogP) is 2.60. The first-order chi connectivity index (χ1) is 9.68. The minimum Gasteiger partial charge on any atom is -0.345 e. The molecule has 1 aromatic rings. The molecule has 0 aliphatic heterocycles. The van der Waals surface area contributed by atoms with Crippen LogP contribution < -0.4 is 5.73 Å². The third-order valence-corrected chi connectivity index (χ3v) is 4.31. The third kappa shape index (κ3) is 4.07. The summed E-state index contributed by atoms with van der Waals surface area (Å²) in [6, 6.07) is 10.6. The summed E-state index contributed by atoms with van der Waals surface area (Å²) >= 11 is 0. The summed E-state index contributed by atoms with van der Waals surface area (Å²) in [5.74, 6) is 0.309. The molecule has 2 N–H and O–H groups in total. The number of carbonyl (C=O) groups excluding carboxylic acids is 1. The molecule has 1 aliphatic carbocycles.